The first-order valence-corrected chi connectivity index (χ1v) is 8.57. The van der Waals surface area contributed by atoms with E-state index in [2.05, 4.69) is 35.1 Å². The van der Waals surface area contributed by atoms with Crippen molar-refractivity contribution in [2.24, 2.45) is 17.0 Å². The summed E-state index contributed by atoms with van der Waals surface area (Å²) in [5.41, 5.74) is 0.257. The SMILES string of the molecule is CC(C)C(C)CNC(=O)c1cc(S(N)(=O)=O)ccc1Br. The molecule has 5 nitrogen and oxygen atoms in total. The van der Waals surface area contributed by atoms with Crippen LogP contribution in [0.5, 0.6) is 0 Å². The van der Waals surface area contributed by atoms with E-state index in [-0.39, 0.29) is 16.4 Å². The molecule has 1 rings (SSSR count). The Morgan fingerprint density at radius 3 is 2.45 bits per heavy atom. The molecule has 0 aliphatic heterocycles. The second-order valence-corrected chi connectivity index (χ2v) is 7.53. The van der Waals surface area contributed by atoms with E-state index in [1.165, 1.54) is 18.2 Å². The van der Waals surface area contributed by atoms with Gasteiger partial charge in [0.15, 0.2) is 0 Å². The first-order valence-electron chi connectivity index (χ1n) is 6.23. The highest BCUT2D eigenvalue weighted by Gasteiger charge is 2.16. The molecule has 0 radical (unpaired) electrons. The van der Waals surface area contributed by atoms with Crippen LogP contribution in [-0.4, -0.2) is 20.9 Å². The summed E-state index contributed by atoms with van der Waals surface area (Å²) < 4.78 is 23.1. The molecule has 0 fully saturated rings. The molecular weight excluding hydrogens is 344 g/mol. The minimum atomic E-state index is -3.82. The standard InChI is InChI=1S/C13H19BrN2O3S/c1-8(2)9(3)7-16-13(17)11-6-10(20(15,18)19)4-5-12(11)14/h4-6,8-9H,7H2,1-3H3,(H,16,17)(H2,15,18,19). The fourth-order valence-electron chi connectivity index (χ4n) is 1.44. The van der Waals surface area contributed by atoms with Gasteiger partial charge in [-0.25, -0.2) is 13.6 Å². The maximum Gasteiger partial charge on any atom is 0.252 e. The van der Waals surface area contributed by atoms with Crippen molar-refractivity contribution in [3.8, 4) is 0 Å². The van der Waals surface area contributed by atoms with E-state index < -0.39 is 10.0 Å². The molecule has 0 aliphatic rings. The van der Waals surface area contributed by atoms with Gasteiger partial charge in [0.25, 0.3) is 5.91 Å². The van der Waals surface area contributed by atoms with Gasteiger partial charge in [-0.15, -0.1) is 0 Å². The van der Waals surface area contributed by atoms with Gasteiger partial charge in [0.05, 0.1) is 10.5 Å². The molecule has 1 aromatic carbocycles. The number of carbonyl (C=O) groups is 1. The van der Waals surface area contributed by atoms with Crippen LogP contribution < -0.4 is 10.5 Å². The van der Waals surface area contributed by atoms with Crippen LogP contribution in [0.15, 0.2) is 27.6 Å². The number of nitrogens with two attached hydrogens (primary N) is 1. The molecule has 7 heteroatoms. The normalized spacial score (nSPS) is 13.3. The zero-order chi connectivity index (χ0) is 15.5. The van der Waals surface area contributed by atoms with Crippen LogP contribution >= 0.6 is 15.9 Å². The molecule has 1 aromatic rings. The average molecular weight is 363 g/mol. The highest BCUT2D eigenvalue weighted by Crippen LogP contribution is 2.20. The van der Waals surface area contributed by atoms with E-state index in [0.29, 0.717) is 22.9 Å². The molecule has 1 unspecified atom stereocenters. The lowest BCUT2D eigenvalue weighted by atomic mass is 9.98. The highest BCUT2D eigenvalue weighted by atomic mass is 79.9. The van der Waals surface area contributed by atoms with E-state index >= 15 is 0 Å². The Balaban J connectivity index is 2.93. The number of rotatable bonds is 5. The number of primary sulfonamides is 1. The number of hydrogen-bond donors (Lipinski definition) is 2. The lowest BCUT2D eigenvalue weighted by Crippen LogP contribution is -2.30. The van der Waals surface area contributed by atoms with Crippen molar-refractivity contribution in [2.45, 2.75) is 25.7 Å². The third kappa shape index (κ3) is 4.57. The Morgan fingerprint density at radius 1 is 1.35 bits per heavy atom. The van der Waals surface area contributed by atoms with Crippen molar-refractivity contribution < 1.29 is 13.2 Å². The van der Waals surface area contributed by atoms with E-state index in [9.17, 15) is 13.2 Å². The summed E-state index contributed by atoms with van der Waals surface area (Å²) in [6, 6.07) is 4.13. The van der Waals surface area contributed by atoms with E-state index in [1.807, 2.05) is 6.92 Å². The van der Waals surface area contributed by atoms with Gasteiger partial charge in [0.1, 0.15) is 0 Å². The Morgan fingerprint density at radius 2 is 1.95 bits per heavy atom. The topological polar surface area (TPSA) is 89.3 Å². The molecule has 0 bridgehead atoms. The zero-order valence-electron chi connectivity index (χ0n) is 11.7. The molecule has 0 saturated heterocycles. The minimum Gasteiger partial charge on any atom is -0.352 e. The predicted octanol–water partition coefficient (Wildman–Crippen LogP) is 2.12. The van der Waals surface area contributed by atoms with Crippen LogP contribution in [-0.2, 0) is 10.0 Å². The van der Waals surface area contributed by atoms with Gasteiger partial charge in [0.2, 0.25) is 10.0 Å². The van der Waals surface area contributed by atoms with E-state index in [4.69, 9.17) is 5.14 Å². The maximum atomic E-state index is 12.1. The van der Waals surface area contributed by atoms with Crippen LogP contribution in [0.1, 0.15) is 31.1 Å². The number of carbonyl (C=O) groups excluding carboxylic acids is 1. The first-order chi connectivity index (χ1) is 9.12. The number of amides is 1. The Hall–Kier alpha value is -0.920. The predicted molar refractivity (Wildman–Crippen MR) is 81.9 cm³/mol. The van der Waals surface area contributed by atoms with Crippen molar-refractivity contribution in [2.75, 3.05) is 6.54 Å². The summed E-state index contributed by atoms with van der Waals surface area (Å²) in [5, 5.41) is 7.86. The summed E-state index contributed by atoms with van der Waals surface area (Å²) in [4.78, 5) is 12.0. The van der Waals surface area contributed by atoms with Crippen molar-refractivity contribution in [1.82, 2.24) is 5.32 Å². The second kappa shape index (κ2) is 6.69. The molecule has 0 aromatic heterocycles. The lowest BCUT2D eigenvalue weighted by Gasteiger charge is -2.16. The number of hydrogen-bond acceptors (Lipinski definition) is 3. The third-order valence-corrected chi connectivity index (χ3v) is 4.84. The monoisotopic (exact) mass is 362 g/mol. The van der Waals surface area contributed by atoms with Crippen molar-refractivity contribution in [3.05, 3.63) is 28.2 Å². The van der Waals surface area contributed by atoms with Gasteiger partial charge in [0, 0.05) is 11.0 Å². The fraction of sp³-hybridized carbons (Fsp3) is 0.462. The number of nitrogens with one attached hydrogen (secondary N) is 1. The van der Waals surface area contributed by atoms with Gasteiger partial charge in [-0.3, -0.25) is 4.79 Å². The zero-order valence-corrected chi connectivity index (χ0v) is 14.1. The van der Waals surface area contributed by atoms with Crippen LogP contribution in [0.2, 0.25) is 0 Å². The van der Waals surface area contributed by atoms with Gasteiger partial charge < -0.3 is 5.32 Å². The van der Waals surface area contributed by atoms with Crippen LogP contribution in [0.25, 0.3) is 0 Å². The average Bonchev–Trinajstić information content (AvgIpc) is 2.34. The maximum absolute atomic E-state index is 12.1. The molecular formula is C13H19BrN2O3S. The molecule has 0 saturated carbocycles. The summed E-state index contributed by atoms with van der Waals surface area (Å²) >= 11 is 3.24. The number of sulfonamides is 1. The van der Waals surface area contributed by atoms with Gasteiger partial charge in [-0.2, -0.15) is 0 Å². The third-order valence-electron chi connectivity index (χ3n) is 3.23. The van der Waals surface area contributed by atoms with Crippen LogP contribution in [0.4, 0.5) is 0 Å². The molecule has 1 amide bonds. The summed E-state index contributed by atoms with van der Waals surface area (Å²) in [5.74, 6) is 0.462. The minimum absolute atomic E-state index is 0.0808. The van der Waals surface area contributed by atoms with E-state index in [1.54, 1.807) is 0 Å². The van der Waals surface area contributed by atoms with Crippen LogP contribution in [0.3, 0.4) is 0 Å². The summed E-state index contributed by atoms with van der Waals surface area (Å²) in [7, 11) is -3.82. The molecule has 0 aliphatic carbocycles. The van der Waals surface area contributed by atoms with Gasteiger partial charge in [-0.05, 0) is 46.0 Å². The molecule has 0 heterocycles. The summed E-state index contributed by atoms with van der Waals surface area (Å²) in [6.07, 6.45) is 0. The first kappa shape index (κ1) is 17.1. The van der Waals surface area contributed by atoms with Crippen LogP contribution in [0, 0.1) is 11.8 Å². The number of halogens is 1. The quantitative estimate of drug-likeness (QED) is 0.840. The van der Waals surface area contributed by atoms with Gasteiger partial charge >= 0.3 is 0 Å². The van der Waals surface area contributed by atoms with Crippen molar-refractivity contribution >= 4 is 31.9 Å². The summed E-state index contributed by atoms with van der Waals surface area (Å²) in [6.45, 7) is 6.73. The van der Waals surface area contributed by atoms with Gasteiger partial charge in [-0.1, -0.05) is 20.8 Å². The largest absolute Gasteiger partial charge is 0.352 e. The molecule has 1 atom stereocenters. The Kier molecular flexibility index (Phi) is 5.73. The second-order valence-electron chi connectivity index (χ2n) is 5.12. The Bertz CT molecular complexity index is 600. The molecule has 20 heavy (non-hydrogen) atoms. The molecule has 3 N–H and O–H groups in total. The fourth-order valence-corrected chi connectivity index (χ4v) is 2.41. The lowest BCUT2D eigenvalue weighted by molar-refractivity contribution is 0.0944. The van der Waals surface area contributed by atoms with E-state index in [0.717, 1.165) is 0 Å². The smallest absolute Gasteiger partial charge is 0.252 e. The highest BCUT2D eigenvalue weighted by molar-refractivity contribution is 9.10. The number of benzene rings is 1. The molecule has 112 valence electrons. The molecule has 0 spiro atoms. The Labute approximate surface area is 128 Å². The van der Waals surface area contributed by atoms with Crippen molar-refractivity contribution in [3.63, 3.8) is 0 Å². The van der Waals surface area contributed by atoms with Crippen molar-refractivity contribution in [1.29, 1.82) is 0 Å².